The fourth-order valence-electron chi connectivity index (χ4n) is 2.16. The Morgan fingerprint density at radius 3 is 2.33 bits per heavy atom. The summed E-state index contributed by atoms with van der Waals surface area (Å²) in [4.78, 5) is 12.1. The van der Waals surface area contributed by atoms with E-state index in [4.69, 9.17) is 9.47 Å². The van der Waals surface area contributed by atoms with Crippen molar-refractivity contribution >= 4 is 37.6 Å². The van der Waals surface area contributed by atoms with Crippen LogP contribution in [-0.4, -0.2) is 19.0 Å². The molecule has 2 aromatic rings. The zero-order valence-corrected chi connectivity index (χ0v) is 14.2. The first kappa shape index (κ1) is 14.6. The van der Waals surface area contributed by atoms with Crippen LogP contribution in [0.25, 0.3) is 0 Å². The van der Waals surface area contributed by atoms with Crippen LogP contribution in [0.5, 0.6) is 11.5 Å². The van der Waals surface area contributed by atoms with Gasteiger partial charge < -0.3 is 9.47 Å². The summed E-state index contributed by atoms with van der Waals surface area (Å²) < 4.78 is 11.9. The Balaban J connectivity index is 1.94. The lowest BCUT2D eigenvalue weighted by molar-refractivity contribution is 0.0991. The molecule has 5 heteroatoms. The van der Waals surface area contributed by atoms with Crippen LogP contribution in [0.3, 0.4) is 0 Å². The summed E-state index contributed by atoms with van der Waals surface area (Å²) in [6.45, 7) is 1.06. The molecule has 2 aromatic carbocycles. The summed E-state index contributed by atoms with van der Waals surface area (Å²) in [6, 6.07) is 12.9. The van der Waals surface area contributed by atoms with Gasteiger partial charge in [-0.05, 0) is 17.7 Å². The summed E-state index contributed by atoms with van der Waals surface area (Å²) in [5, 5.41) is 0. The molecule has 0 aromatic heterocycles. The molecule has 3 rings (SSSR count). The van der Waals surface area contributed by atoms with Crippen molar-refractivity contribution < 1.29 is 14.3 Å². The largest absolute Gasteiger partial charge is 0.486 e. The summed E-state index contributed by atoms with van der Waals surface area (Å²) in [6.07, 6.45) is 0. The normalized spacial score (nSPS) is 14.6. The van der Waals surface area contributed by atoms with Crippen molar-refractivity contribution in [2.75, 3.05) is 13.2 Å². The van der Waals surface area contributed by atoms with Crippen molar-refractivity contribution in [2.24, 2.45) is 0 Å². The van der Waals surface area contributed by atoms with E-state index in [1.165, 1.54) is 0 Å². The van der Waals surface area contributed by atoms with E-state index in [1.54, 1.807) is 0 Å². The number of carbonyl (C=O) groups excluding carboxylic acids is 1. The third-order valence-electron chi connectivity index (χ3n) is 3.22. The highest BCUT2D eigenvalue weighted by molar-refractivity contribution is 9.11. The molecule has 0 bridgehead atoms. The van der Waals surface area contributed by atoms with E-state index in [9.17, 15) is 4.79 Å². The maximum absolute atomic E-state index is 12.5. The van der Waals surface area contributed by atoms with E-state index in [1.807, 2.05) is 42.5 Å². The van der Waals surface area contributed by atoms with Crippen LogP contribution in [0.2, 0.25) is 0 Å². The lowest BCUT2D eigenvalue weighted by atomic mass is 10.0. The first-order valence-corrected chi connectivity index (χ1v) is 8.20. The molecule has 0 N–H and O–H groups in total. The van der Waals surface area contributed by atoms with Crippen LogP contribution < -0.4 is 9.47 Å². The smallest absolute Gasteiger partial charge is 0.180 e. The topological polar surface area (TPSA) is 35.5 Å². The van der Waals surface area contributed by atoms with Crippen LogP contribution in [0, 0.1) is 0 Å². The predicted octanol–water partition coefficient (Wildman–Crippen LogP) is 4.54. The van der Waals surface area contributed by atoms with Crippen LogP contribution in [0.1, 0.15) is 20.7 Å². The van der Waals surface area contributed by atoms with Gasteiger partial charge in [0.1, 0.15) is 18.0 Å². The van der Waals surface area contributed by atoms with Gasteiger partial charge >= 0.3 is 0 Å². The second kappa shape index (κ2) is 6.20. The van der Waals surface area contributed by atoms with Gasteiger partial charge in [-0.15, -0.1) is 0 Å². The van der Waals surface area contributed by atoms with Crippen LogP contribution in [0.4, 0.5) is 0 Å². The number of ketones is 1. The van der Waals surface area contributed by atoms with Gasteiger partial charge in [-0.3, -0.25) is 4.79 Å². The van der Waals surface area contributed by atoms with Crippen molar-refractivity contribution in [3.63, 3.8) is 0 Å². The van der Waals surface area contributed by atoms with Gasteiger partial charge in [-0.1, -0.05) is 62.2 Å². The molecule has 0 unspecified atom stereocenters. The number of hydrogen-bond donors (Lipinski definition) is 0. The second-order valence-electron chi connectivity index (χ2n) is 4.61. The van der Waals surface area contributed by atoms with Crippen molar-refractivity contribution in [1.29, 1.82) is 0 Å². The van der Waals surface area contributed by atoms with Crippen LogP contribution in [0.15, 0.2) is 46.9 Å². The number of ether oxygens (including phenoxy) is 2. The minimum atomic E-state index is -0.440. The molecule has 0 radical (unpaired) electrons. The zero-order chi connectivity index (χ0) is 14.8. The molecule has 1 aliphatic rings. The molecule has 3 nitrogen and oxygen atoms in total. The minimum Gasteiger partial charge on any atom is -0.486 e. The summed E-state index contributed by atoms with van der Waals surface area (Å²) in [5.74, 6) is 1.38. The highest BCUT2D eigenvalue weighted by Crippen LogP contribution is 2.41. The van der Waals surface area contributed by atoms with E-state index in [0.717, 1.165) is 10.0 Å². The molecule has 0 saturated carbocycles. The molecular formula is C16H12Br2O3. The first-order valence-electron chi connectivity index (χ1n) is 6.49. The number of benzene rings is 2. The Kier molecular flexibility index (Phi) is 4.31. The van der Waals surface area contributed by atoms with Gasteiger partial charge in [0.2, 0.25) is 0 Å². The van der Waals surface area contributed by atoms with Crippen LogP contribution in [-0.2, 0) is 0 Å². The Bertz CT molecular complexity index is 671. The maximum atomic E-state index is 12.5. The number of carbonyl (C=O) groups is 1. The van der Waals surface area contributed by atoms with Gasteiger partial charge in [-0.25, -0.2) is 0 Å². The minimum absolute atomic E-state index is 0.00739. The fourth-order valence-corrected chi connectivity index (χ4v) is 3.67. The lowest BCUT2D eigenvalue weighted by Crippen LogP contribution is -2.16. The van der Waals surface area contributed by atoms with E-state index < -0.39 is 4.83 Å². The molecule has 0 amide bonds. The number of hydrogen-bond acceptors (Lipinski definition) is 3. The van der Waals surface area contributed by atoms with Gasteiger partial charge in [0.25, 0.3) is 0 Å². The molecule has 1 atom stereocenters. The Morgan fingerprint density at radius 1 is 1.05 bits per heavy atom. The molecule has 21 heavy (non-hydrogen) atoms. The molecule has 0 aliphatic carbocycles. The molecule has 0 fully saturated rings. The van der Waals surface area contributed by atoms with E-state index in [0.29, 0.717) is 30.3 Å². The standard InChI is InChI=1S/C16H12Br2O3/c17-12-9-14-13(20-6-7-21-14)8-11(12)15(18)16(19)10-4-2-1-3-5-10/h1-5,8-9,15H,6-7H2/t15-/m1/s1. The van der Waals surface area contributed by atoms with Crippen molar-refractivity contribution in [3.05, 3.63) is 58.1 Å². The monoisotopic (exact) mass is 410 g/mol. The maximum Gasteiger partial charge on any atom is 0.180 e. The molecule has 108 valence electrons. The average molecular weight is 412 g/mol. The van der Waals surface area contributed by atoms with Crippen molar-refractivity contribution in [2.45, 2.75) is 4.83 Å². The van der Waals surface area contributed by atoms with Crippen LogP contribution >= 0.6 is 31.9 Å². The highest BCUT2D eigenvalue weighted by Gasteiger charge is 2.24. The lowest BCUT2D eigenvalue weighted by Gasteiger charge is -2.21. The summed E-state index contributed by atoms with van der Waals surface area (Å²) in [7, 11) is 0. The molecule has 0 spiro atoms. The first-order chi connectivity index (χ1) is 10.2. The number of fused-ring (bicyclic) bond motifs is 1. The third kappa shape index (κ3) is 2.99. The Hall–Kier alpha value is -1.33. The molecule has 1 heterocycles. The summed E-state index contributed by atoms with van der Waals surface area (Å²) in [5.41, 5.74) is 1.49. The van der Waals surface area contributed by atoms with E-state index in [-0.39, 0.29) is 5.78 Å². The number of Topliss-reactive ketones (excluding diaryl/α,β-unsaturated/α-hetero) is 1. The number of rotatable bonds is 3. The quantitative estimate of drug-likeness (QED) is 0.549. The van der Waals surface area contributed by atoms with Gasteiger partial charge in [0, 0.05) is 10.0 Å². The van der Waals surface area contributed by atoms with Gasteiger partial charge in [0.15, 0.2) is 17.3 Å². The third-order valence-corrected chi connectivity index (χ3v) is 4.82. The molecule has 1 aliphatic heterocycles. The predicted molar refractivity (Wildman–Crippen MR) is 87.6 cm³/mol. The Morgan fingerprint density at radius 2 is 1.67 bits per heavy atom. The van der Waals surface area contributed by atoms with E-state index in [2.05, 4.69) is 31.9 Å². The van der Waals surface area contributed by atoms with Crippen molar-refractivity contribution in [1.82, 2.24) is 0 Å². The van der Waals surface area contributed by atoms with Gasteiger partial charge in [0.05, 0.1) is 0 Å². The van der Waals surface area contributed by atoms with E-state index >= 15 is 0 Å². The average Bonchev–Trinajstić information content (AvgIpc) is 2.53. The number of alkyl halides is 1. The highest BCUT2D eigenvalue weighted by atomic mass is 79.9. The Labute approximate surface area is 139 Å². The zero-order valence-electron chi connectivity index (χ0n) is 11.0. The van der Waals surface area contributed by atoms with Gasteiger partial charge in [-0.2, -0.15) is 0 Å². The second-order valence-corrected chi connectivity index (χ2v) is 6.38. The number of halogens is 2. The molecular weight excluding hydrogens is 400 g/mol. The SMILES string of the molecule is O=C(c1ccccc1)[C@H](Br)c1cc2c(cc1Br)OCCO2. The fraction of sp³-hybridized carbons (Fsp3) is 0.188. The van der Waals surface area contributed by atoms with Crippen molar-refractivity contribution in [3.8, 4) is 11.5 Å². The molecule has 0 saturated heterocycles. The summed E-state index contributed by atoms with van der Waals surface area (Å²) >= 11 is 6.99.